The Morgan fingerprint density at radius 3 is 2.31 bits per heavy atom. The zero-order valence-corrected chi connectivity index (χ0v) is 16.4. The van der Waals surface area contributed by atoms with Gasteiger partial charge in [-0.15, -0.1) is 24.8 Å². The number of aromatic nitrogens is 1. The Balaban J connectivity index is 0.00000169. The molecule has 1 N–H and O–H groups in total. The smallest absolute Gasteiger partial charge is 0.120 e. The first-order valence-electron chi connectivity index (χ1n) is 8.16. The van der Waals surface area contributed by atoms with Crippen molar-refractivity contribution in [1.29, 1.82) is 0 Å². The fraction of sp³-hybridized carbons (Fsp3) is 0.190. The van der Waals surface area contributed by atoms with Crippen LogP contribution in [0.3, 0.4) is 0 Å². The van der Waals surface area contributed by atoms with E-state index in [1.807, 2.05) is 24.4 Å². The van der Waals surface area contributed by atoms with Crippen LogP contribution in [0.2, 0.25) is 0 Å². The van der Waals surface area contributed by atoms with Crippen molar-refractivity contribution < 1.29 is 4.74 Å². The zero-order valence-electron chi connectivity index (χ0n) is 14.7. The van der Waals surface area contributed by atoms with Gasteiger partial charge in [0.1, 0.15) is 12.4 Å². The number of aryl methyl sites for hydroxylation is 1. The van der Waals surface area contributed by atoms with Crippen molar-refractivity contribution in [2.75, 3.05) is 0 Å². The number of pyridine rings is 1. The summed E-state index contributed by atoms with van der Waals surface area (Å²) in [5.74, 6) is 0.899. The van der Waals surface area contributed by atoms with E-state index in [0.29, 0.717) is 6.61 Å². The molecular formula is C21H24Cl2N2O. The highest BCUT2D eigenvalue weighted by Crippen LogP contribution is 2.15. The van der Waals surface area contributed by atoms with Crippen LogP contribution in [0.15, 0.2) is 73.1 Å². The van der Waals surface area contributed by atoms with Crippen molar-refractivity contribution in [3.05, 3.63) is 95.3 Å². The molecule has 3 nitrogen and oxygen atoms in total. The molecule has 0 amide bonds. The third-order valence-electron chi connectivity index (χ3n) is 3.81. The monoisotopic (exact) mass is 390 g/mol. The van der Waals surface area contributed by atoms with Gasteiger partial charge in [-0.1, -0.05) is 48.0 Å². The van der Waals surface area contributed by atoms with E-state index in [9.17, 15) is 0 Å². The molecule has 0 unspecified atom stereocenters. The van der Waals surface area contributed by atoms with Crippen molar-refractivity contribution in [3.8, 4) is 5.75 Å². The van der Waals surface area contributed by atoms with E-state index in [1.54, 1.807) is 6.20 Å². The van der Waals surface area contributed by atoms with Gasteiger partial charge in [-0.2, -0.15) is 0 Å². The van der Waals surface area contributed by atoms with E-state index in [-0.39, 0.29) is 24.8 Å². The molecule has 138 valence electrons. The molecule has 0 aliphatic carbocycles. The minimum absolute atomic E-state index is 0. The molecule has 3 aromatic rings. The van der Waals surface area contributed by atoms with Gasteiger partial charge in [-0.05, 0) is 41.8 Å². The number of hydrogen-bond donors (Lipinski definition) is 1. The lowest BCUT2D eigenvalue weighted by Gasteiger charge is -2.09. The second kappa shape index (κ2) is 11.5. The van der Waals surface area contributed by atoms with Crippen LogP contribution in [-0.2, 0) is 19.7 Å². The number of halogens is 2. The molecule has 5 heteroatoms. The van der Waals surface area contributed by atoms with E-state index in [4.69, 9.17) is 4.74 Å². The molecule has 3 rings (SSSR count). The fourth-order valence-electron chi connectivity index (χ4n) is 2.45. The van der Waals surface area contributed by atoms with Gasteiger partial charge in [0.2, 0.25) is 0 Å². The maximum absolute atomic E-state index is 5.90. The topological polar surface area (TPSA) is 34.1 Å². The van der Waals surface area contributed by atoms with Crippen molar-refractivity contribution >= 4 is 24.8 Å². The lowest BCUT2D eigenvalue weighted by atomic mass is 10.1. The quantitative estimate of drug-likeness (QED) is 0.608. The van der Waals surface area contributed by atoms with Crippen LogP contribution in [0.25, 0.3) is 0 Å². The third kappa shape index (κ3) is 7.04. The molecule has 0 bridgehead atoms. The third-order valence-corrected chi connectivity index (χ3v) is 3.81. The molecule has 0 fully saturated rings. The van der Waals surface area contributed by atoms with Crippen molar-refractivity contribution in [1.82, 2.24) is 10.3 Å². The van der Waals surface area contributed by atoms with Crippen LogP contribution >= 0.6 is 24.8 Å². The maximum Gasteiger partial charge on any atom is 0.120 e. The number of hydrogen-bond acceptors (Lipinski definition) is 3. The first kappa shape index (κ1) is 22.0. The maximum atomic E-state index is 5.90. The Kier molecular flexibility index (Phi) is 9.74. The first-order valence-corrected chi connectivity index (χ1v) is 8.16. The summed E-state index contributed by atoms with van der Waals surface area (Å²) in [6, 6.07) is 20.7. The normalized spacial score (nSPS) is 9.73. The molecule has 0 aliphatic heterocycles. The minimum atomic E-state index is 0. The average Bonchev–Trinajstić information content (AvgIpc) is 2.63. The molecule has 0 atom stereocenters. The summed E-state index contributed by atoms with van der Waals surface area (Å²) in [5.41, 5.74) is 4.84. The lowest BCUT2D eigenvalue weighted by molar-refractivity contribution is 0.306. The highest BCUT2D eigenvalue weighted by Gasteiger charge is 1.99. The highest BCUT2D eigenvalue weighted by atomic mass is 35.5. The van der Waals surface area contributed by atoms with Crippen molar-refractivity contribution in [3.63, 3.8) is 0 Å². The van der Waals surface area contributed by atoms with E-state index < -0.39 is 0 Å². The van der Waals surface area contributed by atoms with Crippen molar-refractivity contribution in [2.24, 2.45) is 0 Å². The number of nitrogens with zero attached hydrogens (tertiary/aromatic N) is 1. The summed E-state index contributed by atoms with van der Waals surface area (Å²) in [7, 11) is 0. The summed E-state index contributed by atoms with van der Waals surface area (Å²) >= 11 is 0. The van der Waals surface area contributed by atoms with Gasteiger partial charge >= 0.3 is 0 Å². The Bertz CT molecular complexity index is 764. The van der Waals surface area contributed by atoms with Gasteiger partial charge in [0.25, 0.3) is 0 Å². The molecule has 1 aromatic heterocycles. The van der Waals surface area contributed by atoms with Crippen LogP contribution < -0.4 is 10.1 Å². The fourth-order valence-corrected chi connectivity index (χ4v) is 2.45. The van der Waals surface area contributed by atoms with E-state index in [2.05, 4.69) is 59.7 Å². The van der Waals surface area contributed by atoms with Crippen LogP contribution in [-0.4, -0.2) is 4.98 Å². The molecule has 1 heterocycles. The SMILES string of the molecule is Cc1ccc(COc2cccc(CNCc3cccnc3)c2)cc1.Cl.Cl. The Morgan fingerprint density at radius 2 is 1.58 bits per heavy atom. The number of nitrogens with one attached hydrogen (secondary N) is 1. The first-order chi connectivity index (χ1) is 11.8. The summed E-state index contributed by atoms with van der Waals surface area (Å²) in [4.78, 5) is 4.12. The van der Waals surface area contributed by atoms with Gasteiger partial charge in [0.05, 0.1) is 0 Å². The van der Waals surface area contributed by atoms with Crippen LogP contribution in [0, 0.1) is 6.92 Å². The Hall–Kier alpha value is -2.07. The Morgan fingerprint density at radius 1 is 0.846 bits per heavy atom. The number of rotatable bonds is 7. The molecule has 26 heavy (non-hydrogen) atoms. The standard InChI is InChI=1S/C21H22N2O.2ClH/c1-17-7-9-18(10-8-17)16-24-21-6-2-4-19(12-21)13-23-15-20-5-3-11-22-14-20;;/h2-12,14,23H,13,15-16H2,1H3;2*1H. The van der Waals surface area contributed by atoms with E-state index >= 15 is 0 Å². The Labute approximate surface area is 167 Å². The predicted molar refractivity (Wildman–Crippen MR) is 111 cm³/mol. The molecule has 0 aliphatic rings. The molecule has 0 saturated heterocycles. The molecule has 0 radical (unpaired) electrons. The molecule has 2 aromatic carbocycles. The van der Waals surface area contributed by atoms with Gasteiger partial charge in [-0.25, -0.2) is 0 Å². The zero-order chi connectivity index (χ0) is 16.6. The van der Waals surface area contributed by atoms with E-state index in [0.717, 1.165) is 18.8 Å². The summed E-state index contributed by atoms with van der Waals surface area (Å²) in [6.07, 6.45) is 3.67. The largest absolute Gasteiger partial charge is 0.489 e. The predicted octanol–water partition coefficient (Wildman–Crippen LogP) is 5.10. The van der Waals surface area contributed by atoms with Crippen LogP contribution in [0.4, 0.5) is 0 Å². The second-order valence-corrected chi connectivity index (χ2v) is 5.89. The van der Waals surface area contributed by atoms with Gasteiger partial charge in [-0.3, -0.25) is 4.98 Å². The number of ether oxygens (including phenoxy) is 1. The molecule has 0 spiro atoms. The molecule has 0 saturated carbocycles. The summed E-state index contributed by atoms with van der Waals surface area (Å²) in [5, 5.41) is 3.43. The second-order valence-electron chi connectivity index (χ2n) is 5.89. The van der Waals surface area contributed by atoms with Gasteiger partial charge < -0.3 is 10.1 Å². The van der Waals surface area contributed by atoms with E-state index in [1.165, 1.54) is 22.3 Å². The average molecular weight is 391 g/mol. The minimum Gasteiger partial charge on any atom is -0.489 e. The summed E-state index contributed by atoms with van der Waals surface area (Å²) < 4.78 is 5.90. The lowest BCUT2D eigenvalue weighted by Crippen LogP contribution is -2.12. The molecular weight excluding hydrogens is 367 g/mol. The van der Waals surface area contributed by atoms with Crippen LogP contribution in [0.1, 0.15) is 22.3 Å². The van der Waals surface area contributed by atoms with Crippen LogP contribution in [0.5, 0.6) is 5.75 Å². The van der Waals surface area contributed by atoms with Crippen molar-refractivity contribution in [2.45, 2.75) is 26.6 Å². The highest BCUT2D eigenvalue weighted by molar-refractivity contribution is 5.85. The van der Waals surface area contributed by atoms with Gasteiger partial charge in [0.15, 0.2) is 0 Å². The number of benzene rings is 2. The summed E-state index contributed by atoms with van der Waals surface area (Å²) in [6.45, 7) is 4.29. The van der Waals surface area contributed by atoms with Gasteiger partial charge in [0, 0.05) is 25.5 Å².